The normalized spacial score (nSPS) is 16.1. The number of piperidine rings is 1. The number of nitro groups is 1. The number of benzene rings is 1. The van der Waals surface area contributed by atoms with Crippen LogP contribution in [0.15, 0.2) is 18.2 Å². The highest BCUT2D eigenvalue weighted by Crippen LogP contribution is 2.26. The first-order chi connectivity index (χ1) is 9.54. The van der Waals surface area contributed by atoms with Crippen LogP contribution in [0, 0.1) is 10.1 Å². The van der Waals surface area contributed by atoms with Crippen molar-refractivity contribution >= 4 is 17.3 Å². The summed E-state index contributed by atoms with van der Waals surface area (Å²) in [5.74, 6) is -0.235. The molecule has 1 amide bonds. The Bertz CT molecular complexity index is 524. The van der Waals surface area contributed by atoms with Crippen molar-refractivity contribution in [2.45, 2.75) is 18.9 Å². The van der Waals surface area contributed by atoms with Gasteiger partial charge in [0, 0.05) is 25.2 Å². The van der Waals surface area contributed by atoms with Crippen molar-refractivity contribution in [3.8, 4) is 0 Å². The van der Waals surface area contributed by atoms with Gasteiger partial charge < -0.3 is 16.0 Å². The van der Waals surface area contributed by atoms with Crippen LogP contribution in [0.25, 0.3) is 0 Å². The number of carbonyl (C=O) groups is 1. The molecule has 7 heteroatoms. The zero-order valence-corrected chi connectivity index (χ0v) is 11.3. The van der Waals surface area contributed by atoms with Gasteiger partial charge in [-0.25, -0.2) is 0 Å². The van der Waals surface area contributed by atoms with Crippen molar-refractivity contribution in [3.63, 3.8) is 0 Å². The number of likely N-dealkylation sites (tertiary alicyclic amines) is 1. The molecule has 7 nitrogen and oxygen atoms in total. The number of para-hydroxylation sites is 1. The lowest BCUT2D eigenvalue weighted by molar-refractivity contribution is -0.383. The summed E-state index contributed by atoms with van der Waals surface area (Å²) in [7, 11) is 1.90. The fourth-order valence-electron chi connectivity index (χ4n) is 2.44. The van der Waals surface area contributed by atoms with Crippen molar-refractivity contribution in [1.29, 1.82) is 0 Å². The largest absolute Gasteiger partial charge is 0.393 e. The van der Waals surface area contributed by atoms with E-state index in [4.69, 9.17) is 5.73 Å². The molecule has 0 spiro atoms. The third-order valence-electron chi connectivity index (χ3n) is 3.70. The number of anilines is 1. The summed E-state index contributed by atoms with van der Waals surface area (Å²) >= 11 is 0. The highest BCUT2D eigenvalue weighted by Gasteiger charge is 2.26. The minimum Gasteiger partial charge on any atom is -0.393 e. The Morgan fingerprint density at radius 2 is 2.10 bits per heavy atom. The topological polar surface area (TPSA) is 102 Å². The van der Waals surface area contributed by atoms with E-state index < -0.39 is 4.92 Å². The molecule has 0 aliphatic carbocycles. The van der Waals surface area contributed by atoms with E-state index in [2.05, 4.69) is 5.32 Å². The monoisotopic (exact) mass is 278 g/mol. The molecule has 2 rings (SSSR count). The Balaban J connectivity index is 2.18. The molecule has 0 radical (unpaired) electrons. The number of nitrogens with zero attached hydrogens (tertiary/aromatic N) is 2. The lowest BCUT2D eigenvalue weighted by atomic mass is 10.0. The second kappa shape index (κ2) is 5.87. The highest BCUT2D eigenvalue weighted by atomic mass is 16.6. The van der Waals surface area contributed by atoms with Crippen LogP contribution in [0.2, 0.25) is 0 Å². The molecular weight excluding hydrogens is 260 g/mol. The molecule has 0 bridgehead atoms. The van der Waals surface area contributed by atoms with Crippen LogP contribution in [0.3, 0.4) is 0 Å². The second-order valence-electron chi connectivity index (χ2n) is 4.85. The van der Waals surface area contributed by atoms with Crippen molar-refractivity contribution < 1.29 is 9.72 Å². The Labute approximate surface area is 116 Å². The number of amides is 1. The van der Waals surface area contributed by atoms with E-state index in [9.17, 15) is 14.9 Å². The summed E-state index contributed by atoms with van der Waals surface area (Å²) in [6.07, 6.45) is 1.74. The van der Waals surface area contributed by atoms with Gasteiger partial charge in [-0.2, -0.15) is 0 Å². The van der Waals surface area contributed by atoms with Gasteiger partial charge in [-0.05, 0) is 26.0 Å². The van der Waals surface area contributed by atoms with E-state index in [1.54, 1.807) is 4.90 Å². The number of nitrogen functional groups attached to an aromatic ring is 1. The van der Waals surface area contributed by atoms with Gasteiger partial charge in [0.1, 0.15) is 5.69 Å². The maximum Gasteiger partial charge on any atom is 0.292 e. The zero-order chi connectivity index (χ0) is 14.7. The van der Waals surface area contributed by atoms with Gasteiger partial charge >= 0.3 is 0 Å². The molecule has 0 unspecified atom stereocenters. The summed E-state index contributed by atoms with van der Waals surface area (Å²) < 4.78 is 0. The predicted octanol–water partition coefficient (Wildman–Crippen LogP) is 1.00. The van der Waals surface area contributed by atoms with Crippen molar-refractivity contribution in [1.82, 2.24) is 10.2 Å². The molecule has 0 atom stereocenters. The van der Waals surface area contributed by atoms with Gasteiger partial charge in [-0.3, -0.25) is 14.9 Å². The smallest absolute Gasteiger partial charge is 0.292 e. The first-order valence-electron chi connectivity index (χ1n) is 6.54. The predicted molar refractivity (Wildman–Crippen MR) is 75.5 cm³/mol. The Kier molecular flexibility index (Phi) is 4.19. The maximum absolute atomic E-state index is 12.4. The molecule has 1 aromatic rings. The Morgan fingerprint density at radius 3 is 2.65 bits per heavy atom. The van der Waals surface area contributed by atoms with Crippen LogP contribution < -0.4 is 11.1 Å². The minimum absolute atomic E-state index is 0.0572. The number of nitrogens with two attached hydrogens (primary N) is 1. The molecule has 1 aliphatic rings. The number of hydrogen-bond acceptors (Lipinski definition) is 5. The van der Waals surface area contributed by atoms with Crippen LogP contribution in [0.4, 0.5) is 11.4 Å². The summed E-state index contributed by atoms with van der Waals surface area (Å²) in [5.41, 5.74) is 5.68. The summed E-state index contributed by atoms with van der Waals surface area (Å²) in [6.45, 7) is 1.26. The minimum atomic E-state index is -0.570. The molecular formula is C13H18N4O3. The van der Waals surface area contributed by atoms with Gasteiger partial charge in [0.25, 0.3) is 11.6 Å². The fraction of sp³-hybridized carbons (Fsp3) is 0.462. The van der Waals surface area contributed by atoms with Crippen LogP contribution in [0.5, 0.6) is 0 Å². The van der Waals surface area contributed by atoms with Crippen LogP contribution >= 0.6 is 0 Å². The van der Waals surface area contributed by atoms with Crippen LogP contribution in [-0.4, -0.2) is 41.9 Å². The first-order valence-corrected chi connectivity index (χ1v) is 6.54. The summed E-state index contributed by atoms with van der Waals surface area (Å²) in [6, 6.07) is 4.75. The van der Waals surface area contributed by atoms with Crippen molar-refractivity contribution in [2.75, 3.05) is 25.9 Å². The molecule has 3 N–H and O–H groups in total. The average molecular weight is 278 g/mol. The van der Waals surface area contributed by atoms with Gasteiger partial charge in [-0.15, -0.1) is 0 Å². The molecule has 1 saturated heterocycles. The molecule has 0 aromatic heterocycles. The number of nitro benzene ring substituents is 1. The molecule has 1 aromatic carbocycles. The van der Waals surface area contributed by atoms with E-state index in [1.165, 1.54) is 18.2 Å². The van der Waals surface area contributed by atoms with Crippen LogP contribution in [-0.2, 0) is 0 Å². The summed E-state index contributed by atoms with van der Waals surface area (Å²) in [5, 5.41) is 14.0. The van der Waals surface area contributed by atoms with Gasteiger partial charge in [0.15, 0.2) is 0 Å². The summed E-state index contributed by atoms with van der Waals surface area (Å²) in [4.78, 5) is 24.4. The van der Waals surface area contributed by atoms with E-state index >= 15 is 0 Å². The number of hydrogen-bond donors (Lipinski definition) is 2. The average Bonchev–Trinajstić information content (AvgIpc) is 2.46. The van der Waals surface area contributed by atoms with Crippen LogP contribution in [0.1, 0.15) is 23.2 Å². The van der Waals surface area contributed by atoms with E-state index in [0.29, 0.717) is 19.1 Å². The maximum atomic E-state index is 12.4. The third kappa shape index (κ3) is 2.72. The molecule has 20 heavy (non-hydrogen) atoms. The third-order valence-corrected chi connectivity index (χ3v) is 3.70. The standard InChI is InChI=1S/C13H18N4O3/c1-15-9-5-7-16(8-6-9)13(18)10-3-2-4-11(12(10)14)17(19)20/h2-4,9,15H,5-8,14H2,1H3. The van der Waals surface area contributed by atoms with Gasteiger partial charge in [-0.1, -0.05) is 6.07 Å². The highest BCUT2D eigenvalue weighted by molar-refractivity contribution is 6.01. The number of rotatable bonds is 3. The molecule has 0 saturated carbocycles. The Morgan fingerprint density at radius 1 is 1.45 bits per heavy atom. The number of nitrogens with one attached hydrogen (secondary N) is 1. The quantitative estimate of drug-likeness (QED) is 0.488. The molecule has 1 heterocycles. The van der Waals surface area contributed by atoms with Crippen molar-refractivity contribution in [3.05, 3.63) is 33.9 Å². The number of carbonyl (C=O) groups excluding carboxylic acids is 1. The first kappa shape index (κ1) is 14.3. The second-order valence-corrected chi connectivity index (χ2v) is 4.85. The van der Waals surface area contributed by atoms with E-state index in [1.807, 2.05) is 7.05 Å². The van der Waals surface area contributed by atoms with Crippen molar-refractivity contribution in [2.24, 2.45) is 0 Å². The SMILES string of the molecule is CNC1CCN(C(=O)c2cccc([N+](=O)[O-])c2N)CC1. The molecule has 1 aliphatic heterocycles. The Hall–Kier alpha value is -2.15. The van der Waals surface area contributed by atoms with Gasteiger partial charge in [0.05, 0.1) is 10.5 Å². The fourth-order valence-corrected chi connectivity index (χ4v) is 2.44. The lowest BCUT2D eigenvalue weighted by Gasteiger charge is -2.32. The van der Waals surface area contributed by atoms with E-state index in [-0.39, 0.29) is 22.8 Å². The lowest BCUT2D eigenvalue weighted by Crippen LogP contribution is -2.44. The molecule has 1 fully saturated rings. The molecule has 108 valence electrons. The zero-order valence-electron chi connectivity index (χ0n) is 11.3. The van der Waals surface area contributed by atoms with E-state index in [0.717, 1.165) is 12.8 Å². The van der Waals surface area contributed by atoms with Gasteiger partial charge in [0.2, 0.25) is 0 Å².